The number of hydrogen-bond donors (Lipinski definition) is 1. The summed E-state index contributed by atoms with van der Waals surface area (Å²) in [6.45, 7) is 1.69. The minimum Gasteiger partial charge on any atom is -0.315 e. The van der Waals surface area contributed by atoms with Crippen molar-refractivity contribution in [2.24, 2.45) is 0 Å². The Hall–Kier alpha value is 0.0900. The molecule has 0 aliphatic heterocycles. The highest BCUT2D eigenvalue weighted by Gasteiger charge is 1.84. The van der Waals surface area contributed by atoms with Crippen LogP contribution in [-0.2, 0) is 0 Å². The van der Waals surface area contributed by atoms with Gasteiger partial charge < -0.3 is 5.32 Å². The Morgan fingerprint density at radius 2 is 2.33 bits per heavy atom. The van der Waals surface area contributed by atoms with E-state index in [4.69, 9.17) is 16.9 Å². The zero-order valence-corrected chi connectivity index (χ0v) is 6.63. The predicted molar refractivity (Wildman–Crippen MR) is 41.7 cm³/mol. The second-order valence-corrected chi connectivity index (χ2v) is 2.64. The average molecular weight is 165 g/mol. The van der Waals surface area contributed by atoms with Gasteiger partial charge in [0.1, 0.15) is 5.40 Å². The molecule has 0 heterocycles. The molecule has 4 heteroatoms. The van der Waals surface area contributed by atoms with Crippen LogP contribution in [0.25, 0.3) is 0 Å². The maximum Gasteiger partial charge on any atom is 0.133 e. The lowest BCUT2D eigenvalue weighted by atomic mass is 10.7. The molecule has 0 aromatic carbocycles. The van der Waals surface area contributed by atoms with Crippen molar-refractivity contribution in [3.05, 3.63) is 0 Å². The second kappa shape index (κ2) is 8.09. The molecule has 0 rings (SSSR count). The Bertz CT molecular complexity index is 91.4. The molecule has 9 heavy (non-hydrogen) atoms. The highest BCUT2D eigenvalue weighted by atomic mass is 35.5. The lowest BCUT2D eigenvalue weighted by Gasteiger charge is -1.96. The van der Waals surface area contributed by atoms with Gasteiger partial charge >= 0.3 is 0 Å². The van der Waals surface area contributed by atoms with Gasteiger partial charge in [0, 0.05) is 24.7 Å². The first-order chi connectivity index (χ1) is 4.41. The Balaban J connectivity index is 2.69. The molecule has 0 atom stereocenters. The average Bonchev–Trinajstić information content (AvgIpc) is 1.89. The second-order valence-electron chi connectivity index (χ2n) is 1.38. The van der Waals surface area contributed by atoms with Gasteiger partial charge in [0.2, 0.25) is 0 Å². The van der Waals surface area contributed by atoms with E-state index in [0.717, 1.165) is 18.8 Å². The van der Waals surface area contributed by atoms with Crippen LogP contribution in [0.2, 0.25) is 0 Å². The van der Waals surface area contributed by atoms with Crippen LogP contribution in [-0.4, -0.2) is 24.7 Å². The Labute approximate surface area is 64.6 Å². The van der Waals surface area contributed by atoms with Gasteiger partial charge in [-0.1, -0.05) is 0 Å². The molecule has 0 bridgehead atoms. The molecule has 0 radical (unpaired) electrons. The Kier molecular flexibility index (Phi) is 8.17. The minimum absolute atomic E-state index is 0.636. The lowest BCUT2D eigenvalue weighted by molar-refractivity contribution is 0.773. The van der Waals surface area contributed by atoms with Crippen LogP contribution in [0.4, 0.5) is 0 Å². The van der Waals surface area contributed by atoms with Gasteiger partial charge in [0.25, 0.3) is 0 Å². The summed E-state index contributed by atoms with van der Waals surface area (Å²) in [6.07, 6.45) is 0. The minimum atomic E-state index is 0.636. The van der Waals surface area contributed by atoms with E-state index in [1.54, 1.807) is 0 Å². The quantitative estimate of drug-likeness (QED) is 0.375. The van der Waals surface area contributed by atoms with E-state index < -0.39 is 0 Å². The third-order valence-corrected chi connectivity index (χ3v) is 1.44. The molecule has 0 spiro atoms. The van der Waals surface area contributed by atoms with E-state index in [1.165, 1.54) is 11.8 Å². The summed E-state index contributed by atoms with van der Waals surface area (Å²) in [5.74, 6) is 1.48. The van der Waals surface area contributed by atoms with Crippen LogP contribution in [0, 0.1) is 10.7 Å². The van der Waals surface area contributed by atoms with Crippen molar-refractivity contribution in [1.29, 1.82) is 5.26 Å². The van der Waals surface area contributed by atoms with E-state index >= 15 is 0 Å². The highest BCUT2D eigenvalue weighted by molar-refractivity contribution is 8.03. The van der Waals surface area contributed by atoms with E-state index in [2.05, 4.69) is 5.32 Å². The number of alkyl halides is 1. The van der Waals surface area contributed by atoms with Crippen molar-refractivity contribution in [3.8, 4) is 5.40 Å². The molecule has 0 fully saturated rings. The number of nitrogens with zero attached hydrogens (tertiary/aromatic N) is 1. The number of nitrogens with one attached hydrogen (secondary N) is 1. The van der Waals surface area contributed by atoms with Crippen molar-refractivity contribution in [2.75, 3.05) is 24.7 Å². The lowest BCUT2D eigenvalue weighted by Crippen LogP contribution is -2.19. The first-order valence-corrected chi connectivity index (χ1v) is 4.21. The fraction of sp³-hybridized carbons (Fsp3) is 0.800. The van der Waals surface area contributed by atoms with Crippen LogP contribution in [0.15, 0.2) is 0 Å². The topological polar surface area (TPSA) is 35.8 Å². The van der Waals surface area contributed by atoms with Gasteiger partial charge in [0.15, 0.2) is 0 Å². The normalized spacial score (nSPS) is 8.89. The van der Waals surface area contributed by atoms with Crippen LogP contribution in [0.1, 0.15) is 0 Å². The van der Waals surface area contributed by atoms with Crippen LogP contribution < -0.4 is 5.32 Å². The molecule has 0 saturated heterocycles. The number of thiocyanates is 1. The fourth-order valence-corrected chi connectivity index (χ4v) is 0.832. The summed E-state index contributed by atoms with van der Waals surface area (Å²) in [7, 11) is 0. The third kappa shape index (κ3) is 8.09. The molecule has 0 aliphatic rings. The van der Waals surface area contributed by atoms with E-state index in [1.807, 2.05) is 5.40 Å². The van der Waals surface area contributed by atoms with Crippen molar-refractivity contribution in [1.82, 2.24) is 5.32 Å². The summed E-state index contributed by atoms with van der Waals surface area (Å²) in [5.41, 5.74) is 0. The van der Waals surface area contributed by atoms with Crippen molar-refractivity contribution < 1.29 is 0 Å². The Morgan fingerprint density at radius 3 is 2.89 bits per heavy atom. The fourth-order valence-electron chi connectivity index (χ4n) is 0.361. The predicted octanol–water partition coefficient (Wildman–Crippen LogP) is 1.03. The van der Waals surface area contributed by atoms with Crippen molar-refractivity contribution in [2.45, 2.75) is 0 Å². The summed E-state index contributed by atoms with van der Waals surface area (Å²) < 4.78 is 0. The van der Waals surface area contributed by atoms with Gasteiger partial charge in [-0.25, -0.2) is 0 Å². The largest absolute Gasteiger partial charge is 0.315 e. The number of halogens is 1. The molecular formula is C5H9ClN2S. The molecular weight excluding hydrogens is 156 g/mol. The SMILES string of the molecule is N#CSCCNCCCl. The molecule has 0 aromatic heterocycles. The van der Waals surface area contributed by atoms with Gasteiger partial charge in [0.05, 0.1) is 0 Å². The molecule has 0 aromatic rings. The van der Waals surface area contributed by atoms with E-state index in [0.29, 0.717) is 5.88 Å². The van der Waals surface area contributed by atoms with Crippen LogP contribution in [0.5, 0.6) is 0 Å². The zero-order chi connectivity index (χ0) is 6.95. The maximum atomic E-state index is 8.08. The number of hydrogen-bond acceptors (Lipinski definition) is 3. The van der Waals surface area contributed by atoms with E-state index in [-0.39, 0.29) is 0 Å². The number of nitriles is 1. The van der Waals surface area contributed by atoms with E-state index in [9.17, 15) is 0 Å². The number of rotatable bonds is 5. The summed E-state index contributed by atoms with van der Waals surface area (Å²) in [5, 5.41) is 13.1. The van der Waals surface area contributed by atoms with Crippen molar-refractivity contribution >= 4 is 23.4 Å². The van der Waals surface area contributed by atoms with Gasteiger partial charge in [-0.05, 0) is 11.8 Å². The molecule has 0 unspecified atom stereocenters. The van der Waals surface area contributed by atoms with Crippen LogP contribution >= 0.6 is 23.4 Å². The zero-order valence-electron chi connectivity index (χ0n) is 5.06. The van der Waals surface area contributed by atoms with Gasteiger partial charge in [-0.3, -0.25) is 0 Å². The molecule has 0 amide bonds. The smallest absolute Gasteiger partial charge is 0.133 e. The summed E-state index contributed by atoms with van der Waals surface area (Å²) >= 11 is 6.64. The highest BCUT2D eigenvalue weighted by Crippen LogP contribution is 1.91. The summed E-state index contributed by atoms with van der Waals surface area (Å²) in [6, 6.07) is 0. The third-order valence-electron chi connectivity index (χ3n) is 0.717. The van der Waals surface area contributed by atoms with Gasteiger partial charge in [-0.2, -0.15) is 5.26 Å². The molecule has 52 valence electrons. The first kappa shape index (κ1) is 9.09. The Morgan fingerprint density at radius 1 is 1.56 bits per heavy atom. The standard InChI is InChI=1S/C5H9ClN2S/c6-1-2-8-3-4-9-5-7/h8H,1-4H2. The first-order valence-electron chi connectivity index (χ1n) is 2.69. The number of thioether (sulfide) groups is 1. The molecule has 2 nitrogen and oxygen atoms in total. The van der Waals surface area contributed by atoms with Gasteiger partial charge in [-0.15, -0.1) is 11.6 Å². The van der Waals surface area contributed by atoms with Crippen molar-refractivity contribution in [3.63, 3.8) is 0 Å². The summed E-state index contributed by atoms with van der Waals surface area (Å²) in [4.78, 5) is 0. The molecule has 0 aliphatic carbocycles. The van der Waals surface area contributed by atoms with Crippen LogP contribution in [0.3, 0.4) is 0 Å². The maximum absolute atomic E-state index is 8.08. The monoisotopic (exact) mass is 164 g/mol. The molecule has 0 saturated carbocycles. The molecule has 1 N–H and O–H groups in total.